The molecule has 0 amide bonds. The van der Waals surface area contributed by atoms with Crippen LogP contribution in [0.15, 0.2) is 72.9 Å². The third kappa shape index (κ3) is 2.42. The van der Waals surface area contributed by atoms with Crippen LogP contribution < -0.4 is 0 Å². The van der Waals surface area contributed by atoms with Crippen LogP contribution in [0.5, 0.6) is 11.5 Å². The van der Waals surface area contributed by atoms with Crippen LogP contribution in [0.2, 0.25) is 0 Å². The Morgan fingerprint density at radius 1 is 0.652 bits per heavy atom. The van der Waals surface area contributed by atoms with Crippen LogP contribution in [0.3, 0.4) is 0 Å². The van der Waals surface area contributed by atoms with Crippen molar-refractivity contribution in [1.82, 2.24) is 4.98 Å². The van der Waals surface area contributed by atoms with Gasteiger partial charge in [0.2, 0.25) is 0 Å². The van der Waals surface area contributed by atoms with Crippen molar-refractivity contribution in [3.63, 3.8) is 0 Å². The van der Waals surface area contributed by atoms with E-state index < -0.39 is 0 Å². The first-order chi connectivity index (χ1) is 11.2. The number of hydrogen-bond acceptors (Lipinski definition) is 2. The van der Waals surface area contributed by atoms with Crippen molar-refractivity contribution in [2.45, 2.75) is 0 Å². The Balaban J connectivity index is 1.72. The standard InChI is InChI=1S/C20H15NO2/c22-17-6-7-18(20(23)12-17)14-3-1-13(2-4-14)15-5-8-19-16(11-15)9-10-21-19/h1-12,21-23H. The van der Waals surface area contributed by atoms with Crippen molar-refractivity contribution >= 4 is 10.9 Å². The first kappa shape index (κ1) is 13.5. The van der Waals surface area contributed by atoms with Crippen molar-refractivity contribution in [3.8, 4) is 33.8 Å². The lowest BCUT2D eigenvalue weighted by Gasteiger charge is -2.07. The van der Waals surface area contributed by atoms with E-state index in [0.717, 1.165) is 22.2 Å². The largest absolute Gasteiger partial charge is 0.508 e. The fourth-order valence-electron chi connectivity index (χ4n) is 2.84. The van der Waals surface area contributed by atoms with Gasteiger partial charge >= 0.3 is 0 Å². The maximum absolute atomic E-state index is 9.96. The van der Waals surface area contributed by atoms with Crippen LogP contribution in [0, 0.1) is 0 Å². The van der Waals surface area contributed by atoms with Crippen LogP contribution in [0.25, 0.3) is 33.2 Å². The van der Waals surface area contributed by atoms with Crippen LogP contribution >= 0.6 is 0 Å². The Bertz CT molecular complexity index is 984. The molecule has 4 aromatic rings. The molecule has 0 radical (unpaired) electrons. The molecular weight excluding hydrogens is 286 g/mol. The summed E-state index contributed by atoms with van der Waals surface area (Å²) in [5.41, 5.74) is 5.01. The lowest BCUT2D eigenvalue weighted by Crippen LogP contribution is -1.82. The quantitative estimate of drug-likeness (QED) is 0.492. The van der Waals surface area contributed by atoms with E-state index >= 15 is 0 Å². The summed E-state index contributed by atoms with van der Waals surface area (Å²) >= 11 is 0. The van der Waals surface area contributed by atoms with Gasteiger partial charge in [-0.15, -0.1) is 0 Å². The number of aromatic amines is 1. The number of phenols is 2. The second-order valence-corrected chi connectivity index (χ2v) is 5.56. The maximum Gasteiger partial charge on any atom is 0.127 e. The van der Waals surface area contributed by atoms with Crippen molar-refractivity contribution in [2.24, 2.45) is 0 Å². The summed E-state index contributed by atoms with van der Waals surface area (Å²) in [4.78, 5) is 3.19. The Labute approximate surface area is 133 Å². The van der Waals surface area contributed by atoms with Gasteiger partial charge in [0.25, 0.3) is 0 Å². The highest BCUT2D eigenvalue weighted by Crippen LogP contribution is 2.33. The van der Waals surface area contributed by atoms with Gasteiger partial charge in [-0.1, -0.05) is 30.3 Å². The minimum Gasteiger partial charge on any atom is -0.508 e. The monoisotopic (exact) mass is 301 g/mol. The van der Waals surface area contributed by atoms with Crippen LogP contribution in [-0.4, -0.2) is 15.2 Å². The number of nitrogens with one attached hydrogen (secondary N) is 1. The molecule has 0 fully saturated rings. The second-order valence-electron chi connectivity index (χ2n) is 5.56. The van der Waals surface area contributed by atoms with Gasteiger partial charge in [-0.2, -0.15) is 0 Å². The van der Waals surface area contributed by atoms with E-state index in [9.17, 15) is 10.2 Å². The van der Waals surface area contributed by atoms with Gasteiger partial charge in [-0.05, 0) is 52.4 Å². The fraction of sp³-hybridized carbons (Fsp3) is 0. The Hall–Kier alpha value is -3.20. The molecule has 3 heteroatoms. The van der Waals surface area contributed by atoms with E-state index in [1.165, 1.54) is 11.5 Å². The highest BCUT2D eigenvalue weighted by Gasteiger charge is 2.06. The minimum absolute atomic E-state index is 0.0580. The zero-order valence-electron chi connectivity index (χ0n) is 12.3. The third-order valence-electron chi connectivity index (χ3n) is 4.06. The van der Waals surface area contributed by atoms with Gasteiger partial charge in [0.15, 0.2) is 0 Å². The molecule has 0 aliphatic heterocycles. The number of aromatic nitrogens is 1. The van der Waals surface area contributed by atoms with Crippen LogP contribution in [-0.2, 0) is 0 Å². The molecule has 0 atom stereocenters. The predicted octanol–water partition coefficient (Wildman–Crippen LogP) is 4.91. The molecule has 1 heterocycles. The Kier molecular flexibility index (Phi) is 3.05. The average molecular weight is 301 g/mol. The average Bonchev–Trinajstić information content (AvgIpc) is 3.03. The first-order valence-electron chi connectivity index (χ1n) is 7.41. The van der Waals surface area contributed by atoms with Gasteiger partial charge in [0, 0.05) is 23.3 Å². The molecule has 3 N–H and O–H groups in total. The van der Waals surface area contributed by atoms with Crippen LogP contribution in [0.4, 0.5) is 0 Å². The smallest absolute Gasteiger partial charge is 0.127 e. The molecule has 0 spiro atoms. The van der Waals surface area contributed by atoms with E-state index in [1.807, 2.05) is 30.5 Å². The summed E-state index contributed by atoms with van der Waals surface area (Å²) in [5.74, 6) is 0.133. The molecule has 3 nitrogen and oxygen atoms in total. The highest BCUT2D eigenvalue weighted by atomic mass is 16.3. The molecular formula is C20H15NO2. The topological polar surface area (TPSA) is 56.2 Å². The summed E-state index contributed by atoms with van der Waals surface area (Å²) in [7, 11) is 0. The van der Waals surface area contributed by atoms with Crippen molar-refractivity contribution < 1.29 is 10.2 Å². The number of rotatable bonds is 2. The van der Waals surface area contributed by atoms with E-state index in [-0.39, 0.29) is 11.5 Å². The first-order valence-corrected chi connectivity index (χ1v) is 7.41. The summed E-state index contributed by atoms with van der Waals surface area (Å²) in [6, 6.07) is 21.0. The van der Waals surface area contributed by atoms with Gasteiger partial charge in [-0.25, -0.2) is 0 Å². The minimum atomic E-state index is 0.0580. The summed E-state index contributed by atoms with van der Waals surface area (Å²) in [6.45, 7) is 0. The number of H-pyrrole nitrogens is 1. The van der Waals surface area contributed by atoms with Gasteiger partial charge in [0.05, 0.1) is 0 Å². The normalized spacial score (nSPS) is 11.0. The molecule has 3 aromatic carbocycles. The van der Waals surface area contributed by atoms with Crippen molar-refractivity contribution in [3.05, 3.63) is 72.9 Å². The number of aromatic hydroxyl groups is 2. The van der Waals surface area contributed by atoms with Gasteiger partial charge in [0.1, 0.15) is 11.5 Å². The molecule has 0 saturated heterocycles. The number of benzene rings is 3. The molecule has 0 unspecified atom stereocenters. The summed E-state index contributed by atoms with van der Waals surface area (Å²) in [5, 5.41) is 20.5. The summed E-state index contributed by atoms with van der Waals surface area (Å²) < 4.78 is 0. The van der Waals surface area contributed by atoms with Crippen LogP contribution in [0.1, 0.15) is 0 Å². The maximum atomic E-state index is 9.96. The van der Waals surface area contributed by atoms with E-state index in [4.69, 9.17) is 0 Å². The number of phenolic OH excluding ortho intramolecular Hbond substituents is 2. The van der Waals surface area contributed by atoms with Gasteiger partial charge in [-0.3, -0.25) is 0 Å². The van der Waals surface area contributed by atoms with Crippen molar-refractivity contribution in [1.29, 1.82) is 0 Å². The SMILES string of the molecule is Oc1ccc(-c2ccc(-c3ccc4[nH]ccc4c3)cc2)c(O)c1. The lowest BCUT2D eigenvalue weighted by molar-refractivity contribution is 0.452. The fourth-order valence-corrected chi connectivity index (χ4v) is 2.84. The zero-order chi connectivity index (χ0) is 15.8. The van der Waals surface area contributed by atoms with Crippen molar-refractivity contribution in [2.75, 3.05) is 0 Å². The van der Waals surface area contributed by atoms with E-state index in [2.05, 4.69) is 29.2 Å². The molecule has 0 saturated carbocycles. The molecule has 0 aliphatic carbocycles. The molecule has 23 heavy (non-hydrogen) atoms. The predicted molar refractivity (Wildman–Crippen MR) is 92.5 cm³/mol. The highest BCUT2D eigenvalue weighted by molar-refractivity contribution is 5.85. The van der Waals surface area contributed by atoms with E-state index in [0.29, 0.717) is 5.56 Å². The number of hydrogen-bond donors (Lipinski definition) is 3. The molecule has 112 valence electrons. The lowest BCUT2D eigenvalue weighted by atomic mass is 9.99. The third-order valence-corrected chi connectivity index (χ3v) is 4.06. The molecule has 1 aromatic heterocycles. The number of fused-ring (bicyclic) bond motifs is 1. The van der Waals surface area contributed by atoms with Gasteiger partial charge < -0.3 is 15.2 Å². The molecule has 0 aliphatic rings. The Morgan fingerprint density at radius 2 is 1.39 bits per heavy atom. The zero-order valence-corrected chi connectivity index (χ0v) is 12.3. The molecule has 4 rings (SSSR count). The summed E-state index contributed by atoms with van der Waals surface area (Å²) in [6.07, 6.45) is 1.94. The van der Waals surface area contributed by atoms with E-state index in [1.54, 1.807) is 12.1 Å². The molecule has 0 bridgehead atoms. The second kappa shape index (κ2) is 5.21. The Morgan fingerprint density at radius 3 is 2.17 bits per heavy atom.